The molecule has 0 amide bonds. The van der Waals surface area contributed by atoms with E-state index in [4.69, 9.17) is 0 Å². The fraction of sp³-hybridized carbons (Fsp3) is 0.278. The van der Waals surface area contributed by atoms with Gasteiger partial charge in [-0.15, -0.1) is 22.7 Å². The zero-order valence-electron chi connectivity index (χ0n) is 26.8. The second kappa shape index (κ2) is 13.6. The van der Waals surface area contributed by atoms with Gasteiger partial charge in [-0.25, -0.2) is 9.97 Å². The number of phenolic OH excluding ortho intramolecular Hbond substituents is 2. The molecule has 0 atom stereocenters. The van der Waals surface area contributed by atoms with Gasteiger partial charge >= 0.3 is 0 Å². The molecule has 45 heavy (non-hydrogen) atoms. The molecule has 2 aromatic heterocycles. The van der Waals surface area contributed by atoms with Gasteiger partial charge in [0.25, 0.3) is 0 Å². The van der Waals surface area contributed by atoms with Crippen molar-refractivity contribution in [2.24, 2.45) is 0 Å². The average molecular weight is 691 g/mol. The first-order chi connectivity index (χ1) is 21.2. The summed E-state index contributed by atoms with van der Waals surface area (Å²) in [6, 6.07) is 24.4. The number of rotatable bonds is 5. The molecule has 0 aliphatic heterocycles. The Hall–Kier alpha value is -2.69. The highest BCUT2D eigenvalue weighted by Crippen LogP contribution is 2.44. The van der Waals surface area contributed by atoms with E-state index in [9.17, 15) is 10.2 Å². The smallest absolute Gasteiger partial charge is 0.162 e. The third-order valence-corrected chi connectivity index (χ3v) is 13.5. The number of fused-ring (bicyclic) bond motifs is 2. The molecule has 0 saturated heterocycles. The maximum absolute atomic E-state index is 10.3. The van der Waals surface area contributed by atoms with E-state index in [0.29, 0.717) is 11.5 Å². The molecule has 2 heterocycles. The third kappa shape index (κ3) is 8.19. The van der Waals surface area contributed by atoms with Gasteiger partial charge in [-0.1, -0.05) is 77.6 Å². The van der Waals surface area contributed by atoms with Gasteiger partial charge in [0, 0.05) is 20.9 Å². The van der Waals surface area contributed by atoms with Crippen molar-refractivity contribution in [1.82, 2.24) is 9.97 Å². The van der Waals surface area contributed by atoms with Gasteiger partial charge in [0.1, 0.15) is 11.5 Å². The van der Waals surface area contributed by atoms with Crippen LogP contribution in [-0.4, -0.2) is 20.2 Å². The zero-order chi connectivity index (χ0) is 32.5. The minimum atomic E-state index is -0.117. The number of hydrogen-bond acceptors (Lipinski definition) is 9. The minimum absolute atomic E-state index is 0.117. The molecule has 6 rings (SSSR count). The summed E-state index contributed by atoms with van der Waals surface area (Å²) in [5, 5.41) is 20.6. The first-order valence-corrected chi connectivity index (χ1v) is 19.2. The predicted molar refractivity (Wildman–Crippen MR) is 198 cm³/mol. The number of aromatic nitrogens is 2. The summed E-state index contributed by atoms with van der Waals surface area (Å²) in [5.41, 5.74) is 5.93. The van der Waals surface area contributed by atoms with E-state index in [1.54, 1.807) is 56.0 Å². The van der Waals surface area contributed by atoms with Gasteiger partial charge < -0.3 is 10.2 Å². The van der Waals surface area contributed by atoms with Crippen LogP contribution in [0.3, 0.4) is 0 Å². The van der Waals surface area contributed by atoms with Crippen LogP contribution in [0.4, 0.5) is 0 Å². The Morgan fingerprint density at radius 1 is 0.578 bits per heavy atom. The van der Waals surface area contributed by atoms with Crippen molar-refractivity contribution in [2.45, 2.75) is 84.7 Å². The van der Waals surface area contributed by atoms with Gasteiger partial charge in [0.15, 0.2) is 8.68 Å². The van der Waals surface area contributed by atoms with E-state index >= 15 is 0 Å². The number of benzene rings is 4. The number of nitrogens with zero attached hydrogens (tertiary/aromatic N) is 2. The summed E-state index contributed by atoms with van der Waals surface area (Å²) in [6.07, 6.45) is 0. The number of hydrogen-bond donors (Lipinski definition) is 2. The zero-order valence-corrected chi connectivity index (χ0v) is 30.8. The summed E-state index contributed by atoms with van der Waals surface area (Å²) in [6.45, 7) is 16.7. The van der Waals surface area contributed by atoms with Gasteiger partial charge in [0.05, 0.1) is 20.4 Å². The summed E-state index contributed by atoms with van der Waals surface area (Å²) >= 11 is 5.16. The van der Waals surface area contributed by atoms with Crippen LogP contribution < -0.4 is 0 Å². The van der Waals surface area contributed by atoms with E-state index in [1.807, 2.05) is 38.1 Å². The van der Waals surface area contributed by atoms with Gasteiger partial charge in [0.2, 0.25) is 0 Å². The van der Waals surface area contributed by atoms with Crippen LogP contribution in [0, 0.1) is 13.8 Å². The third-order valence-electron chi connectivity index (χ3n) is 7.16. The topological polar surface area (TPSA) is 66.2 Å². The summed E-state index contributed by atoms with van der Waals surface area (Å²) in [5.74, 6) is 0.708. The molecule has 4 aromatic carbocycles. The number of phenols is 2. The molecule has 0 fully saturated rings. The van der Waals surface area contributed by atoms with Crippen molar-refractivity contribution in [2.75, 3.05) is 0 Å². The number of para-hydroxylation sites is 2. The van der Waals surface area contributed by atoms with Crippen LogP contribution in [-0.2, 0) is 10.8 Å². The Labute approximate surface area is 286 Å². The molecule has 0 spiro atoms. The van der Waals surface area contributed by atoms with Crippen molar-refractivity contribution in [3.8, 4) is 11.5 Å². The Morgan fingerprint density at radius 3 is 1.31 bits per heavy atom. The molecule has 234 valence electrons. The highest BCUT2D eigenvalue weighted by Gasteiger charge is 2.22. The van der Waals surface area contributed by atoms with Gasteiger partial charge in [-0.05, 0) is 106 Å². The maximum atomic E-state index is 10.3. The molecule has 2 N–H and O–H groups in total. The van der Waals surface area contributed by atoms with Crippen LogP contribution >= 0.6 is 56.0 Å². The lowest BCUT2D eigenvalue weighted by Gasteiger charge is -2.24. The Kier molecular flexibility index (Phi) is 10.2. The van der Waals surface area contributed by atoms with Crippen molar-refractivity contribution >= 4 is 76.5 Å². The lowest BCUT2D eigenvalue weighted by molar-refractivity contribution is 0.444. The van der Waals surface area contributed by atoms with E-state index in [2.05, 4.69) is 100 Å². The Morgan fingerprint density at radius 2 is 0.956 bits per heavy atom. The van der Waals surface area contributed by atoms with Crippen molar-refractivity contribution in [3.05, 3.63) is 95.1 Å². The molecule has 6 aromatic rings. The van der Waals surface area contributed by atoms with E-state index in [0.717, 1.165) is 51.8 Å². The number of thiazole rings is 2. The lowest BCUT2D eigenvalue weighted by atomic mass is 9.86. The second-order valence-electron chi connectivity index (χ2n) is 12.9. The standard InChI is InChI=1S/C22H30O2S.C14H8N2S4/c1-13-9-17(23)15(21(3,4)5)11-19(13)25-20-12-16(22(6,7)8)18(24)10-14(20)2;1-3-7-11-9(5-1)15-13(17-11)19-20-14-16-10-6-2-4-8-12(10)18-14/h9-12,23-24H,1-8H3;1-8H. The summed E-state index contributed by atoms with van der Waals surface area (Å²) < 4.78 is 4.63. The van der Waals surface area contributed by atoms with Crippen molar-refractivity contribution in [1.29, 1.82) is 0 Å². The normalized spacial score (nSPS) is 12.0. The monoisotopic (exact) mass is 690 g/mol. The number of aromatic hydroxyl groups is 2. The molecule has 0 radical (unpaired) electrons. The van der Waals surface area contributed by atoms with Crippen LogP contribution in [0.1, 0.15) is 63.8 Å². The van der Waals surface area contributed by atoms with Crippen LogP contribution in [0.15, 0.2) is 91.3 Å². The largest absolute Gasteiger partial charge is 0.508 e. The van der Waals surface area contributed by atoms with E-state index in [1.165, 1.54) is 9.40 Å². The molecule has 0 unspecified atom stereocenters. The Balaban J connectivity index is 0.000000181. The van der Waals surface area contributed by atoms with Crippen LogP contribution in [0.25, 0.3) is 20.4 Å². The lowest BCUT2D eigenvalue weighted by Crippen LogP contribution is -2.12. The van der Waals surface area contributed by atoms with Gasteiger partial charge in [-0.2, -0.15) is 0 Å². The highest BCUT2D eigenvalue weighted by atomic mass is 33.1. The van der Waals surface area contributed by atoms with E-state index < -0.39 is 0 Å². The summed E-state index contributed by atoms with van der Waals surface area (Å²) in [7, 11) is 3.37. The van der Waals surface area contributed by atoms with Gasteiger partial charge in [-0.3, -0.25) is 0 Å². The molecule has 4 nitrogen and oxygen atoms in total. The predicted octanol–water partition coefficient (Wildman–Crippen LogP) is 12.2. The maximum Gasteiger partial charge on any atom is 0.162 e. The van der Waals surface area contributed by atoms with Crippen molar-refractivity contribution in [3.63, 3.8) is 0 Å². The van der Waals surface area contributed by atoms with E-state index in [-0.39, 0.29) is 10.8 Å². The first-order valence-electron chi connectivity index (χ1n) is 14.6. The first kappa shape index (κ1) is 33.7. The summed E-state index contributed by atoms with van der Waals surface area (Å²) in [4.78, 5) is 11.5. The second-order valence-corrected chi connectivity index (χ2v) is 18.7. The van der Waals surface area contributed by atoms with Crippen molar-refractivity contribution < 1.29 is 10.2 Å². The quantitative estimate of drug-likeness (QED) is 0.175. The molecular weight excluding hydrogens is 653 g/mol. The average Bonchev–Trinajstić information content (AvgIpc) is 3.57. The highest BCUT2D eigenvalue weighted by molar-refractivity contribution is 8.77. The fourth-order valence-corrected chi connectivity index (χ4v) is 10.3. The molecule has 9 heteroatoms. The molecular formula is C36H38N2O2S5. The molecule has 0 saturated carbocycles. The molecule has 0 bridgehead atoms. The van der Waals surface area contributed by atoms with Crippen LogP contribution in [0.5, 0.6) is 11.5 Å². The van der Waals surface area contributed by atoms with Crippen LogP contribution in [0.2, 0.25) is 0 Å². The molecule has 0 aliphatic carbocycles. The molecule has 0 aliphatic rings. The number of aryl methyl sites for hydroxylation is 2. The Bertz CT molecular complexity index is 1760. The SMILES string of the molecule is Cc1cc(O)c(C(C)(C)C)cc1Sc1cc(C(C)(C)C)c(O)cc1C.c1ccc2sc(SSc3nc4ccccc4s3)nc2c1. The fourth-order valence-electron chi connectivity index (χ4n) is 4.73. The minimum Gasteiger partial charge on any atom is -0.508 e.